The van der Waals surface area contributed by atoms with Crippen molar-refractivity contribution >= 4 is 17.5 Å². The van der Waals surface area contributed by atoms with Crippen LogP contribution in [0, 0.1) is 0 Å². The van der Waals surface area contributed by atoms with Gasteiger partial charge in [-0.25, -0.2) is 13.9 Å². The Morgan fingerprint density at radius 1 is 1.29 bits per heavy atom. The van der Waals surface area contributed by atoms with Crippen LogP contribution in [0.5, 0.6) is 0 Å². The van der Waals surface area contributed by atoms with Gasteiger partial charge < -0.3 is 4.90 Å². The minimum absolute atomic E-state index is 0.0334. The highest BCUT2D eigenvalue weighted by Gasteiger charge is 2.36. The molecule has 12 heteroatoms. The number of rotatable bonds is 4. The third-order valence-corrected chi connectivity index (χ3v) is 5.99. The van der Waals surface area contributed by atoms with E-state index in [4.69, 9.17) is 11.6 Å². The fourth-order valence-electron chi connectivity index (χ4n) is 4.06. The van der Waals surface area contributed by atoms with Crippen LogP contribution >= 0.6 is 11.6 Å². The summed E-state index contributed by atoms with van der Waals surface area (Å²) >= 11 is 5.94. The first kappa shape index (κ1) is 21.8. The van der Waals surface area contributed by atoms with Crippen molar-refractivity contribution in [2.45, 2.75) is 57.0 Å². The van der Waals surface area contributed by atoms with Crippen LogP contribution in [0.3, 0.4) is 0 Å². The highest BCUT2D eigenvalue weighted by atomic mass is 35.5. The third-order valence-electron chi connectivity index (χ3n) is 5.66. The highest BCUT2D eigenvalue weighted by molar-refractivity contribution is 6.31. The SMILES string of the molecule is O=C([C@@H]1CCCc2nn(CCc3ncc(C(F)(F)F)cc3Cl)c(=O)n21)N1CC[C@H](F)C1. The zero-order chi connectivity index (χ0) is 22.3. The first-order chi connectivity index (χ1) is 14.6. The molecule has 7 nitrogen and oxygen atoms in total. The van der Waals surface area contributed by atoms with Gasteiger partial charge in [0.1, 0.15) is 18.0 Å². The number of amides is 1. The molecule has 2 atom stereocenters. The van der Waals surface area contributed by atoms with E-state index in [1.54, 1.807) is 0 Å². The number of alkyl halides is 4. The molecule has 0 saturated carbocycles. The molecular formula is C19H20ClF4N5O2. The molecule has 1 saturated heterocycles. The average molecular weight is 462 g/mol. The van der Waals surface area contributed by atoms with Gasteiger partial charge in [0.05, 0.1) is 29.4 Å². The van der Waals surface area contributed by atoms with Crippen LogP contribution < -0.4 is 5.69 Å². The van der Waals surface area contributed by atoms with Gasteiger partial charge in [0, 0.05) is 25.6 Å². The number of hydrogen-bond donors (Lipinski definition) is 0. The van der Waals surface area contributed by atoms with E-state index < -0.39 is 29.6 Å². The maximum absolute atomic E-state index is 13.5. The molecule has 2 aromatic heterocycles. The van der Waals surface area contributed by atoms with Crippen LogP contribution in [0.25, 0.3) is 0 Å². The molecular weight excluding hydrogens is 442 g/mol. The largest absolute Gasteiger partial charge is 0.417 e. The normalized spacial score (nSPS) is 21.4. The number of aryl methyl sites for hydroxylation is 3. The maximum atomic E-state index is 13.5. The summed E-state index contributed by atoms with van der Waals surface area (Å²) < 4.78 is 54.3. The van der Waals surface area contributed by atoms with E-state index in [1.165, 1.54) is 14.1 Å². The molecule has 31 heavy (non-hydrogen) atoms. The zero-order valence-electron chi connectivity index (χ0n) is 16.4. The first-order valence-corrected chi connectivity index (χ1v) is 10.4. The molecule has 0 aromatic carbocycles. The summed E-state index contributed by atoms with van der Waals surface area (Å²) in [6, 6.07) is 0.0800. The fraction of sp³-hybridized carbons (Fsp3) is 0.579. The molecule has 0 spiro atoms. The van der Waals surface area contributed by atoms with E-state index in [-0.39, 0.29) is 36.1 Å². The van der Waals surface area contributed by atoms with Crippen LogP contribution in [0.4, 0.5) is 17.6 Å². The summed E-state index contributed by atoms with van der Waals surface area (Å²) in [6.45, 7) is 0.409. The molecule has 0 bridgehead atoms. The van der Waals surface area contributed by atoms with Crippen molar-refractivity contribution in [3.8, 4) is 0 Å². The maximum Gasteiger partial charge on any atom is 0.417 e. The quantitative estimate of drug-likeness (QED) is 0.656. The Morgan fingerprint density at radius 2 is 2.06 bits per heavy atom. The summed E-state index contributed by atoms with van der Waals surface area (Å²) in [5, 5.41) is 4.15. The van der Waals surface area contributed by atoms with Gasteiger partial charge in [-0.15, -0.1) is 0 Å². The number of halogens is 5. The molecule has 4 rings (SSSR count). The van der Waals surface area contributed by atoms with Crippen LogP contribution in [0.2, 0.25) is 5.02 Å². The third kappa shape index (κ3) is 4.32. The Hall–Kier alpha value is -2.43. The van der Waals surface area contributed by atoms with Crippen molar-refractivity contribution in [2.24, 2.45) is 0 Å². The first-order valence-electron chi connectivity index (χ1n) is 9.98. The monoisotopic (exact) mass is 461 g/mol. The van der Waals surface area contributed by atoms with Gasteiger partial charge in [-0.3, -0.25) is 14.3 Å². The van der Waals surface area contributed by atoms with Crippen LogP contribution in [-0.2, 0) is 30.4 Å². The van der Waals surface area contributed by atoms with Crippen molar-refractivity contribution < 1.29 is 22.4 Å². The van der Waals surface area contributed by atoms with Gasteiger partial charge >= 0.3 is 11.9 Å². The number of nitrogens with zero attached hydrogens (tertiary/aromatic N) is 5. The molecule has 0 aliphatic carbocycles. The summed E-state index contributed by atoms with van der Waals surface area (Å²) in [6.07, 6.45) is -2.84. The van der Waals surface area contributed by atoms with E-state index in [0.29, 0.717) is 44.2 Å². The van der Waals surface area contributed by atoms with Gasteiger partial charge in [-0.05, 0) is 25.3 Å². The number of carbonyl (C=O) groups is 1. The summed E-state index contributed by atoms with van der Waals surface area (Å²) in [5.41, 5.74) is -1.21. The summed E-state index contributed by atoms with van der Waals surface area (Å²) in [4.78, 5) is 31.0. The molecule has 2 aliphatic heterocycles. The molecule has 4 heterocycles. The number of hydrogen-bond acceptors (Lipinski definition) is 4. The molecule has 2 aromatic rings. The van der Waals surface area contributed by atoms with Gasteiger partial charge in [0.15, 0.2) is 0 Å². The second kappa shape index (κ2) is 8.25. The van der Waals surface area contributed by atoms with Crippen molar-refractivity contribution in [2.75, 3.05) is 13.1 Å². The predicted octanol–water partition coefficient (Wildman–Crippen LogP) is 2.80. The average Bonchev–Trinajstić information content (AvgIpc) is 3.29. The lowest BCUT2D eigenvalue weighted by molar-refractivity contribution is -0.138. The molecule has 0 N–H and O–H groups in total. The Kier molecular flexibility index (Phi) is 5.80. The highest BCUT2D eigenvalue weighted by Crippen LogP contribution is 2.31. The molecule has 1 fully saturated rings. The second-order valence-corrected chi connectivity index (χ2v) is 8.18. The van der Waals surface area contributed by atoms with Crippen molar-refractivity contribution in [3.63, 3.8) is 0 Å². The number of aromatic nitrogens is 4. The molecule has 0 unspecified atom stereocenters. The smallest absolute Gasteiger partial charge is 0.338 e. The Bertz CT molecular complexity index is 1050. The minimum Gasteiger partial charge on any atom is -0.338 e. The van der Waals surface area contributed by atoms with E-state index in [0.717, 1.165) is 6.07 Å². The lowest BCUT2D eigenvalue weighted by Gasteiger charge is -2.26. The van der Waals surface area contributed by atoms with Gasteiger partial charge in [0.25, 0.3) is 0 Å². The summed E-state index contributed by atoms with van der Waals surface area (Å²) in [7, 11) is 0. The lowest BCUT2D eigenvalue weighted by atomic mass is 10.0. The lowest BCUT2D eigenvalue weighted by Crippen LogP contribution is -2.41. The van der Waals surface area contributed by atoms with Crippen molar-refractivity contribution in [3.05, 3.63) is 44.9 Å². The van der Waals surface area contributed by atoms with Crippen LogP contribution in [0.15, 0.2) is 17.1 Å². The number of pyridine rings is 1. The van der Waals surface area contributed by atoms with Gasteiger partial charge in [-0.1, -0.05) is 11.6 Å². The van der Waals surface area contributed by atoms with E-state index in [9.17, 15) is 27.2 Å². The predicted molar refractivity (Wildman–Crippen MR) is 103 cm³/mol. The molecule has 168 valence electrons. The number of carbonyl (C=O) groups excluding carboxylic acids is 1. The Balaban J connectivity index is 1.52. The Morgan fingerprint density at radius 3 is 2.71 bits per heavy atom. The second-order valence-electron chi connectivity index (χ2n) is 7.77. The number of fused-ring (bicyclic) bond motifs is 1. The van der Waals surface area contributed by atoms with Gasteiger partial charge in [0.2, 0.25) is 5.91 Å². The molecule has 0 radical (unpaired) electrons. The molecule has 1 amide bonds. The van der Waals surface area contributed by atoms with E-state index in [2.05, 4.69) is 10.1 Å². The van der Waals surface area contributed by atoms with Crippen molar-refractivity contribution in [1.82, 2.24) is 24.2 Å². The topological polar surface area (TPSA) is 73.0 Å². The fourth-order valence-corrected chi connectivity index (χ4v) is 4.32. The zero-order valence-corrected chi connectivity index (χ0v) is 17.2. The van der Waals surface area contributed by atoms with Gasteiger partial charge in [-0.2, -0.15) is 18.3 Å². The van der Waals surface area contributed by atoms with E-state index >= 15 is 0 Å². The minimum atomic E-state index is -4.55. The Labute approximate surface area is 179 Å². The standard InChI is InChI=1S/C19H20ClF4N5O2/c20-13-8-11(19(22,23)24)9-25-14(13)5-7-28-18(31)29-15(2-1-3-16(29)26-28)17(30)27-6-4-12(21)10-27/h8-9,12,15H,1-7,10H2/t12-,15-/m0/s1. The number of likely N-dealkylation sites (tertiary alicyclic amines) is 1. The van der Waals surface area contributed by atoms with Crippen LogP contribution in [0.1, 0.15) is 42.4 Å². The summed E-state index contributed by atoms with van der Waals surface area (Å²) in [5.74, 6) is 0.187. The molecule has 2 aliphatic rings. The van der Waals surface area contributed by atoms with Crippen molar-refractivity contribution in [1.29, 1.82) is 0 Å². The van der Waals surface area contributed by atoms with E-state index in [1.807, 2.05) is 0 Å². The van der Waals surface area contributed by atoms with Crippen LogP contribution in [-0.4, -0.2) is 49.4 Å².